The van der Waals surface area contributed by atoms with Crippen LogP contribution in [-0.2, 0) is 13.3 Å². The molecule has 3 nitrogen and oxygen atoms in total. The summed E-state index contributed by atoms with van der Waals surface area (Å²) in [5, 5.41) is 0. The molecular weight excluding hydrogens is 196 g/mol. The molecule has 2 unspecified atom stereocenters. The summed E-state index contributed by atoms with van der Waals surface area (Å²) in [6.45, 7) is 0. The van der Waals surface area contributed by atoms with Gasteiger partial charge in [0.15, 0.2) is 0 Å². The Hall–Kier alpha value is 0.0969. The van der Waals surface area contributed by atoms with Gasteiger partial charge in [-0.15, -0.1) is 0 Å². The van der Waals surface area contributed by atoms with Crippen molar-refractivity contribution in [1.82, 2.24) is 0 Å². The van der Waals surface area contributed by atoms with E-state index in [4.69, 9.17) is 13.3 Å². The Morgan fingerprint density at radius 2 is 1.29 bits per heavy atom. The summed E-state index contributed by atoms with van der Waals surface area (Å²) in [7, 11) is 2.87. The molecule has 0 heterocycles. The van der Waals surface area contributed by atoms with E-state index in [9.17, 15) is 0 Å². The maximum absolute atomic E-state index is 5.55. The first-order chi connectivity index (χ1) is 6.79. The predicted molar refractivity (Wildman–Crippen MR) is 56.0 cm³/mol. The van der Waals surface area contributed by atoms with E-state index < -0.39 is 8.80 Å². The second-order valence-corrected chi connectivity index (χ2v) is 7.45. The Morgan fingerprint density at radius 1 is 0.857 bits per heavy atom. The van der Waals surface area contributed by atoms with Gasteiger partial charge < -0.3 is 13.3 Å². The Labute approximate surface area is 87.1 Å². The van der Waals surface area contributed by atoms with Crippen LogP contribution in [0.5, 0.6) is 0 Å². The van der Waals surface area contributed by atoms with Crippen molar-refractivity contribution in [1.29, 1.82) is 0 Å². The number of hydrogen-bond acceptors (Lipinski definition) is 3. The predicted octanol–water partition coefficient (Wildman–Crippen LogP) is 2.05. The Balaban J connectivity index is 2.06. The normalized spacial score (nSPS) is 36.6. The molecule has 0 aliphatic heterocycles. The minimum absolute atomic E-state index is 0.588. The summed E-state index contributed by atoms with van der Waals surface area (Å²) in [4.78, 5) is 0. The molecule has 14 heavy (non-hydrogen) atoms. The summed E-state index contributed by atoms with van der Waals surface area (Å²) < 4.78 is 16.6. The van der Waals surface area contributed by atoms with Crippen molar-refractivity contribution in [3.63, 3.8) is 0 Å². The van der Waals surface area contributed by atoms with Gasteiger partial charge >= 0.3 is 8.80 Å². The van der Waals surface area contributed by atoms with Crippen molar-refractivity contribution in [3.05, 3.63) is 0 Å². The monoisotopic (exact) mass is 216 g/mol. The molecule has 2 atom stereocenters. The highest BCUT2D eigenvalue weighted by Crippen LogP contribution is 2.64. The fourth-order valence-electron chi connectivity index (χ4n) is 3.17. The zero-order valence-corrected chi connectivity index (χ0v) is 10.3. The Kier molecular flexibility index (Phi) is 2.97. The van der Waals surface area contributed by atoms with Gasteiger partial charge in [0.05, 0.1) is 0 Å². The fraction of sp³-hybridized carbons (Fsp3) is 1.00. The Morgan fingerprint density at radius 3 is 1.64 bits per heavy atom. The first-order valence-corrected chi connectivity index (χ1v) is 7.24. The molecule has 2 rings (SSSR count). The van der Waals surface area contributed by atoms with E-state index in [0.29, 0.717) is 5.54 Å². The average molecular weight is 216 g/mol. The minimum Gasteiger partial charge on any atom is -0.377 e. The number of fused-ring (bicyclic) bond motifs is 1. The number of hydrogen-bond donors (Lipinski definition) is 0. The van der Waals surface area contributed by atoms with Crippen molar-refractivity contribution in [2.45, 2.75) is 31.2 Å². The molecule has 2 fully saturated rings. The fourth-order valence-corrected chi connectivity index (χ4v) is 6.26. The second kappa shape index (κ2) is 3.93. The van der Waals surface area contributed by atoms with Crippen molar-refractivity contribution in [2.75, 3.05) is 21.3 Å². The van der Waals surface area contributed by atoms with Crippen molar-refractivity contribution >= 4 is 8.80 Å². The third-order valence-corrected chi connectivity index (χ3v) is 7.30. The quantitative estimate of drug-likeness (QED) is 0.673. The summed E-state index contributed by atoms with van der Waals surface area (Å²) in [5.74, 6) is 1.66. The molecule has 0 N–H and O–H groups in total. The van der Waals surface area contributed by atoms with E-state index in [1.165, 1.54) is 25.7 Å². The van der Waals surface area contributed by atoms with Crippen LogP contribution in [0.1, 0.15) is 25.7 Å². The maximum Gasteiger partial charge on any atom is 0.504 e. The van der Waals surface area contributed by atoms with Gasteiger partial charge in [0, 0.05) is 26.9 Å². The lowest BCUT2D eigenvalue weighted by molar-refractivity contribution is 0.119. The van der Waals surface area contributed by atoms with Crippen LogP contribution in [0.15, 0.2) is 0 Å². The average Bonchev–Trinajstić information content (AvgIpc) is 2.97. The molecule has 0 spiro atoms. The van der Waals surface area contributed by atoms with Crippen LogP contribution in [-0.4, -0.2) is 30.1 Å². The second-order valence-electron chi connectivity index (χ2n) is 4.35. The highest BCUT2D eigenvalue weighted by Gasteiger charge is 2.66. The zero-order valence-electron chi connectivity index (χ0n) is 9.29. The first kappa shape index (κ1) is 10.6. The van der Waals surface area contributed by atoms with Crippen LogP contribution in [0, 0.1) is 11.8 Å². The van der Waals surface area contributed by atoms with Crippen molar-refractivity contribution in [2.24, 2.45) is 11.8 Å². The number of rotatable bonds is 4. The zero-order chi connectivity index (χ0) is 10.2. The van der Waals surface area contributed by atoms with Gasteiger partial charge in [-0.2, -0.15) is 0 Å². The molecule has 2 aliphatic carbocycles. The molecule has 2 aliphatic rings. The summed E-state index contributed by atoms with van der Waals surface area (Å²) in [5.41, 5.74) is 0.588. The molecule has 82 valence electrons. The Bertz CT molecular complexity index is 185. The maximum atomic E-state index is 5.55. The van der Waals surface area contributed by atoms with Gasteiger partial charge in [0.1, 0.15) is 0 Å². The summed E-state index contributed by atoms with van der Waals surface area (Å²) >= 11 is 0. The molecule has 0 amide bonds. The van der Waals surface area contributed by atoms with Gasteiger partial charge in [0.25, 0.3) is 0 Å². The van der Waals surface area contributed by atoms with Crippen LogP contribution in [0.3, 0.4) is 0 Å². The molecule has 0 bridgehead atoms. The van der Waals surface area contributed by atoms with E-state index in [2.05, 4.69) is 0 Å². The van der Waals surface area contributed by atoms with Crippen molar-refractivity contribution in [3.8, 4) is 0 Å². The molecule has 0 aromatic rings. The highest BCUT2D eigenvalue weighted by atomic mass is 28.4. The topological polar surface area (TPSA) is 27.7 Å². The van der Waals surface area contributed by atoms with Crippen LogP contribution >= 0.6 is 0 Å². The summed E-state index contributed by atoms with van der Waals surface area (Å²) in [6, 6.07) is 0. The lowest BCUT2D eigenvalue weighted by atomic mass is 10.0. The third kappa shape index (κ3) is 1.45. The lowest BCUT2D eigenvalue weighted by Gasteiger charge is -2.24. The van der Waals surface area contributed by atoms with Gasteiger partial charge in [-0.3, -0.25) is 0 Å². The van der Waals surface area contributed by atoms with Crippen LogP contribution in [0.2, 0.25) is 5.54 Å². The molecule has 0 aromatic carbocycles. The van der Waals surface area contributed by atoms with Crippen LogP contribution in [0.25, 0.3) is 0 Å². The summed E-state index contributed by atoms with van der Waals surface area (Å²) in [6.07, 6.45) is 5.44. The van der Waals surface area contributed by atoms with Gasteiger partial charge in [-0.25, -0.2) is 0 Å². The molecule has 2 saturated carbocycles. The lowest BCUT2D eigenvalue weighted by Crippen LogP contribution is -2.44. The highest BCUT2D eigenvalue weighted by molar-refractivity contribution is 6.63. The van der Waals surface area contributed by atoms with E-state index in [1.54, 1.807) is 21.3 Å². The van der Waals surface area contributed by atoms with Gasteiger partial charge in [0.2, 0.25) is 0 Å². The molecule has 0 aromatic heterocycles. The SMILES string of the molecule is CO[Si](OC)(OC)C1C2CCCCC21. The van der Waals surface area contributed by atoms with E-state index in [1.807, 2.05) is 0 Å². The smallest absolute Gasteiger partial charge is 0.377 e. The van der Waals surface area contributed by atoms with E-state index in [0.717, 1.165) is 11.8 Å². The molecule has 0 radical (unpaired) electrons. The largest absolute Gasteiger partial charge is 0.504 e. The molecule has 0 saturated heterocycles. The van der Waals surface area contributed by atoms with Gasteiger partial charge in [-0.1, -0.05) is 12.8 Å². The van der Waals surface area contributed by atoms with Gasteiger partial charge in [-0.05, 0) is 24.7 Å². The first-order valence-electron chi connectivity index (χ1n) is 5.44. The van der Waals surface area contributed by atoms with Crippen LogP contribution in [0.4, 0.5) is 0 Å². The van der Waals surface area contributed by atoms with E-state index >= 15 is 0 Å². The van der Waals surface area contributed by atoms with E-state index in [-0.39, 0.29) is 0 Å². The molecular formula is C10H20O3Si. The molecule has 4 heteroatoms. The van der Waals surface area contributed by atoms with Crippen molar-refractivity contribution < 1.29 is 13.3 Å². The minimum atomic E-state index is -2.31. The standard InChI is InChI=1S/C10H20O3Si/c1-11-14(12-2,13-3)10-8-6-4-5-7-9(8)10/h8-10H,4-7H2,1-3H3. The third-order valence-electron chi connectivity index (χ3n) is 3.92. The van der Waals surface area contributed by atoms with Crippen LogP contribution < -0.4 is 0 Å².